The van der Waals surface area contributed by atoms with E-state index >= 15 is 0 Å². The van der Waals surface area contributed by atoms with E-state index in [0.717, 1.165) is 23.3 Å². The SMILES string of the molecule is CSCCN(CCc1ccccc1)C(=O)N[C@@H](Cc1ccccc1)C(=O)O. The van der Waals surface area contributed by atoms with Gasteiger partial charge in [0.1, 0.15) is 6.04 Å². The van der Waals surface area contributed by atoms with Crippen molar-refractivity contribution in [3.63, 3.8) is 0 Å². The van der Waals surface area contributed by atoms with Crippen molar-refractivity contribution in [1.29, 1.82) is 0 Å². The minimum absolute atomic E-state index is 0.261. The molecule has 5 nitrogen and oxygen atoms in total. The Morgan fingerprint density at radius 2 is 1.59 bits per heavy atom. The van der Waals surface area contributed by atoms with Crippen molar-refractivity contribution in [2.45, 2.75) is 18.9 Å². The maximum absolute atomic E-state index is 12.7. The van der Waals surface area contributed by atoms with Gasteiger partial charge in [0.2, 0.25) is 0 Å². The lowest BCUT2D eigenvalue weighted by atomic mass is 10.1. The van der Waals surface area contributed by atoms with Gasteiger partial charge in [0.05, 0.1) is 0 Å². The molecule has 0 radical (unpaired) electrons. The quantitative estimate of drug-likeness (QED) is 0.657. The first-order valence-electron chi connectivity index (χ1n) is 8.95. The van der Waals surface area contributed by atoms with Crippen LogP contribution in [0.15, 0.2) is 60.7 Å². The number of rotatable bonds is 10. The van der Waals surface area contributed by atoms with Crippen LogP contribution in [-0.2, 0) is 17.6 Å². The van der Waals surface area contributed by atoms with Gasteiger partial charge in [-0.05, 0) is 23.8 Å². The summed E-state index contributed by atoms with van der Waals surface area (Å²) in [7, 11) is 0. The summed E-state index contributed by atoms with van der Waals surface area (Å²) >= 11 is 1.66. The van der Waals surface area contributed by atoms with Crippen LogP contribution < -0.4 is 5.32 Å². The highest BCUT2D eigenvalue weighted by Crippen LogP contribution is 2.07. The van der Waals surface area contributed by atoms with Gasteiger partial charge in [-0.25, -0.2) is 9.59 Å². The fraction of sp³-hybridized carbons (Fsp3) is 0.333. The van der Waals surface area contributed by atoms with Crippen LogP contribution in [0.3, 0.4) is 0 Å². The maximum atomic E-state index is 12.7. The Morgan fingerprint density at radius 1 is 1.00 bits per heavy atom. The fourth-order valence-electron chi connectivity index (χ4n) is 2.72. The van der Waals surface area contributed by atoms with Crippen LogP contribution in [0.5, 0.6) is 0 Å². The van der Waals surface area contributed by atoms with Gasteiger partial charge in [0.25, 0.3) is 0 Å². The number of carboxylic acid groups (broad SMARTS) is 1. The Bertz CT molecular complexity index is 710. The zero-order chi connectivity index (χ0) is 19.5. The molecular weight excluding hydrogens is 360 g/mol. The van der Waals surface area contributed by atoms with Crippen LogP contribution in [0.25, 0.3) is 0 Å². The third-order valence-electron chi connectivity index (χ3n) is 4.24. The highest BCUT2D eigenvalue weighted by molar-refractivity contribution is 7.98. The molecule has 0 bridgehead atoms. The number of hydrogen-bond donors (Lipinski definition) is 2. The number of aliphatic carboxylic acids is 1. The second-order valence-electron chi connectivity index (χ2n) is 6.25. The van der Waals surface area contributed by atoms with Crippen molar-refractivity contribution in [2.75, 3.05) is 25.1 Å². The number of benzene rings is 2. The monoisotopic (exact) mass is 386 g/mol. The summed E-state index contributed by atoms with van der Waals surface area (Å²) in [6, 6.07) is 18.0. The first-order valence-corrected chi connectivity index (χ1v) is 10.3. The third-order valence-corrected chi connectivity index (χ3v) is 4.84. The molecule has 0 saturated carbocycles. The first-order chi connectivity index (χ1) is 13.1. The second-order valence-corrected chi connectivity index (χ2v) is 7.23. The number of carbonyl (C=O) groups excluding carboxylic acids is 1. The van der Waals surface area contributed by atoms with Gasteiger partial charge in [0, 0.05) is 25.3 Å². The molecule has 1 atom stereocenters. The maximum Gasteiger partial charge on any atom is 0.326 e. The van der Waals surface area contributed by atoms with E-state index in [1.54, 1.807) is 16.7 Å². The summed E-state index contributed by atoms with van der Waals surface area (Å²) in [5, 5.41) is 12.2. The summed E-state index contributed by atoms with van der Waals surface area (Å²) in [6.45, 7) is 1.13. The molecular formula is C21H26N2O3S. The number of hydrogen-bond acceptors (Lipinski definition) is 3. The molecule has 27 heavy (non-hydrogen) atoms. The normalized spacial score (nSPS) is 11.6. The number of urea groups is 1. The van der Waals surface area contributed by atoms with Gasteiger partial charge in [0.15, 0.2) is 0 Å². The molecule has 2 rings (SSSR count). The number of amides is 2. The van der Waals surface area contributed by atoms with Crippen molar-refractivity contribution in [2.24, 2.45) is 0 Å². The van der Waals surface area contributed by atoms with Crippen molar-refractivity contribution in [3.05, 3.63) is 71.8 Å². The number of carbonyl (C=O) groups is 2. The van der Waals surface area contributed by atoms with Gasteiger partial charge in [-0.2, -0.15) is 11.8 Å². The van der Waals surface area contributed by atoms with Crippen LogP contribution in [0.1, 0.15) is 11.1 Å². The van der Waals surface area contributed by atoms with Gasteiger partial charge >= 0.3 is 12.0 Å². The number of thioether (sulfide) groups is 1. The van der Waals surface area contributed by atoms with E-state index in [0.29, 0.717) is 13.1 Å². The van der Waals surface area contributed by atoms with Crippen LogP contribution in [0, 0.1) is 0 Å². The van der Waals surface area contributed by atoms with Gasteiger partial charge in [-0.3, -0.25) is 0 Å². The van der Waals surface area contributed by atoms with Crippen LogP contribution in [-0.4, -0.2) is 53.1 Å². The van der Waals surface area contributed by atoms with Crippen molar-refractivity contribution < 1.29 is 14.7 Å². The van der Waals surface area contributed by atoms with E-state index in [1.165, 1.54) is 0 Å². The molecule has 0 unspecified atom stereocenters. The molecule has 2 amide bonds. The smallest absolute Gasteiger partial charge is 0.326 e. The van der Waals surface area contributed by atoms with E-state index in [1.807, 2.05) is 66.9 Å². The molecule has 0 saturated heterocycles. The molecule has 0 aliphatic carbocycles. The summed E-state index contributed by atoms with van der Waals surface area (Å²) in [5.41, 5.74) is 2.03. The highest BCUT2D eigenvalue weighted by atomic mass is 32.2. The minimum atomic E-state index is -1.03. The predicted octanol–water partition coefficient (Wildman–Crippen LogP) is 3.30. The molecule has 6 heteroatoms. The largest absolute Gasteiger partial charge is 0.480 e. The van der Waals surface area contributed by atoms with Crippen molar-refractivity contribution in [1.82, 2.24) is 10.2 Å². The standard InChI is InChI=1S/C21H26N2O3S/c1-27-15-14-23(13-12-17-8-4-2-5-9-17)21(26)22-19(20(24)25)16-18-10-6-3-7-11-18/h2-11,19H,12-16H2,1H3,(H,22,26)(H,24,25)/t19-/m0/s1. The van der Waals surface area contributed by atoms with Crippen LogP contribution >= 0.6 is 11.8 Å². The topological polar surface area (TPSA) is 69.6 Å². The molecule has 0 aliphatic heterocycles. The van der Waals surface area contributed by atoms with Crippen LogP contribution in [0.4, 0.5) is 4.79 Å². The molecule has 2 aromatic rings. The summed E-state index contributed by atoms with van der Waals surface area (Å²) in [6.07, 6.45) is 2.98. The first kappa shape index (κ1) is 20.8. The van der Waals surface area contributed by atoms with Gasteiger partial charge in [-0.15, -0.1) is 0 Å². The molecule has 0 fully saturated rings. The Morgan fingerprint density at radius 3 is 2.15 bits per heavy atom. The lowest BCUT2D eigenvalue weighted by Crippen LogP contribution is -2.50. The van der Waals surface area contributed by atoms with Crippen LogP contribution in [0.2, 0.25) is 0 Å². The summed E-state index contributed by atoms with van der Waals surface area (Å²) in [4.78, 5) is 26.0. The van der Waals surface area contributed by atoms with E-state index in [2.05, 4.69) is 5.32 Å². The molecule has 0 spiro atoms. The van der Waals surface area contributed by atoms with Gasteiger partial charge in [-0.1, -0.05) is 60.7 Å². The predicted molar refractivity (Wildman–Crippen MR) is 110 cm³/mol. The molecule has 2 aromatic carbocycles. The lowest BCUT2D eigenvalue weighted by Gasteiger charge is -2.25. The Labute approximate surface area is 164 Å². The Balaban J connectivity index is 1.99. The summed E-state index contributed by atoms with van der Waals surface area (Å²) in [5.74, 6) is -0.224. The zero-order valence-corrected chi connectivity index (χ0v) is 16.3. The van der Waals surface area contributed by atoms with Crippen molar-refractivity contribution in [3.8, 4) is 0 Å². The molecule has 2 N–H and O–H groups in total. The Hall–Kier alpha value is -2.47. The molecule has 0 aliphatic rings. The van der Waals surface area contributed by atoms with E-state index < -0.39 is 12.0 Å². The summed E-state index contributed by atoms with van der Waals surface area (Å²) < 4.78 is 0. The zero-order valence-electron chi connectivity index (χ0n) is 15.5. The molecule has 144 valence electrons. The Kier molecular flexibility index (Phi) is 8.71. The van der Waals surface area contributed by atoms with E-state index in [-0.39, 0.29) is 12.5 Å². The third kappa shape index (κ3) is 7.35. The van der Waals surface area contributed by atoms with E-state index in [4.69, 9.17) is 0 Å². The lowest BCUT2D eigenvalue weighted by molar-refractivity contribution is -0.139. The van der Waals surface area contributed by atoms with E-state index in [9.17, 15) is 14.7 Å². The fourth-order valence-corrected chi connectivity index (χ4v) is 3.12. The molecule has 0 heterocycles. The average molecular weight is 387 g/mol. The minimum Gasteiger partial charge on any atom is -0.480 e. The number of nitrogens with zero attached hydrogens (tertiary/aromatic N) is 1. The highest BCUT2D eigenvalue weighted by Gasteiger charge is 2.23. The number of carboxylic acids is 1. The molecule has 0 aromatic heterocycles. The average Bonchev–Trinajstić information content (AvgIpc) is 2.69. The van der Waals surface area contributed by atoms with Gasteiger partial charge < -0.3 is 15.3 Å². The number of nitrogens with one attached hydrogen (secondary N) is 1. The second kappa shape index (κ2) is 11.3. The van der Waals surface area contributed by atoms with Crippen molar-refractivity contribution >= 4 is 23.8 Å².